The molecule has 7 nitrogen and oxygen atoms in total. The molecule has 5 rings (SSSR count). The highest BCUT2D eigenvalue weighted by Gasteiger charge is 2.45. The second kappa shape index (κ2) is 11.2. The maximum absolute atomic E-state index is 13.3. The fraction of sp³-hybridized carbons (Fsp3) is 0.464. The number of nitrogens with two attached hydrogens (primary N) is 1. The van der Waals surface area contributed by atoms with Crippen LogP contribution >= 0.6 is 11.8 Å². The Hall–Kier alpha value is -3.05. The van der Waals surface area contributed by atoms with Crippen LogP contribution in [0.5, 0.6) is 5.75 Å². The average Bonchev–Trinajstić information content (AvgIpc) is 3.31. The Bertz CT molecular complexity index is 1280. The van der Waals surface area contributed by atoms with Gasteiger partial charge in [0.15, 0.2) is 5.69 Å². The monoisotopic (exact) mass is 558 g/mol. The molecule has 2 atom stereocenters. The third-order valence-corrected chi connectivity index (χ3v) is 9.13. The zero-order chi connectivity index (χ0) is 27.6. The van der Waals surface area contributed by atoms with Gasteiger partial charge in [-0.25, -0.2) is 4.98 Å². The van der Waals surface area contributed by atoms with Crippen LogP contribution < -0.4 is 20.7 Å². The lowest BCUT2D eigenvalue weighted by molar-refractivity contribution is -0.143. The molecule has 1 aliphatic carbocycles. The van der Waals surface area contributed by atoms with Gasteiger partial charge in [0.05, 0.1) is 12.0 Å². The number of aromatic nitrogens is 3. The van der Waals surface area contributed by atoms with Crippen molar-refractivity contribution in [2.75, 3.05) is 30.8 Å². The molecule has 2 aromatic heterocycles. The van der Waals surface area contributed by atoms with Gasteiger partial charge in [0.2, 0.25) is 5.95 Å². The average molecular weight is 559 g/mol. The number of rotatable bonds is 7. The minimum absolute atomic E-state index is 0.0309. The Balaban J connectivity index is 1.23. The SMILES string of the molecule is COc1ccc(C(C)NC2CCCC23CCN(c2ncc(Sc4cccnc4C(F)(F)F)c(N)n2)CC3)cc1. The summed E-state index contributed by atoms with van der Waals surface area (Å²) in [6.07, 6.45) is 3.68. The van der Waals surface area contributed by atoms with Gasteiger partial charge in [-0.1, -0.05) is 30.3 Å². The number of alkyl halides is 3. The van der Waals surface area contributed by atoms with E-state index in [1.165, 1.54) is 36.7 Å². The fourth-order valence-corrected chi connectivity index (χ4v) is 6.75. The Kier molecular flexibility index (Phi) is 7.91. The van der Waals surface area contributed by atoms with Crippen LogP contribution in [0.3, 0.4) is 0 Å². The minimum Gasteiger partial charge on any atom is -0.497 e. The maximum atomic E-state index is 13.3. The molecule has 1 spiro atoms. The Morgan fingerprint density at radius 2 is 1.85 bits per heavy atom. The van der Waals surface area contributed by atoms with E-state index < -0.39 is 11.9 Å². The Labute approximate surface area is 230 Å². The molecule has 2 unspecified atom stereocenters. The summed E-state index contributed by atoms with van der Waals surface area (Å²) in [5.41, 5.74) is 6.71. The van der Waals surface area contributed by atoms with E-state index >= 15 is 0 Å². The molecule has 11 heteroatoms. The van der Waals surface area contributed by atoms with Crippen LogP contribution in [0.2, 0.25) is 0 Å². The van der Waals surface area contributed by atoms with Gasteiger partial charge in [-0.2, -0.15) is 18.2 Å². The summed E-state index contributed by atoms with van der Waals surface area (Å²) < 4.78 is 45.3. The molecule has 3 aromatic rings. The van der Waals surface area contributed by atoms with Gasteiger partial charge in [-0.3, -0.25) is 4.98 Å². The van der Waals surface area contributed by atoms with Crippen molar-refractivity contribution in [1.29, 1.82) is 0 Å². The largest absolute Gasteiger partial charge is 0.497 e. The molecule has 1 aliphatic heterocycles. The number of piperidine rings is 1. The summed E-state index contributed by atoms with van der Waals surface area (Å²) in [6, 6.07) is 11.7. The van der Waals surface area contributed by atoms with Crippen LogP contribution in [-0.4, -0.2) is 41.2 Å². The highest BCUT2D eigenvalue weighted by molar-refractivity contribution is 7.99. The van der Waals surface area contributed by atoms with Crippen molar-refractivity contribution in [2.24, 2.45) is 5.41 Å². The van der Waals surface area contributed by atoms with Crippen LogP contribution in [0.1, 0.15) is 56.3 Å². The number of benzene rings is 1. The quantitative estimate of drug-likeness (QED) is 0.359. The molecule has 1 saturated carbocycles. The number of anilines is 2. The van der Waals surface area contributed by atoms with Crippen molar-refractivity contribution < 1.29 is 17.9 Å². The molecule has 1 aromatic carbocycles. The summed E-state index contributed by atoms with van der Waals surface area (Å²) in [5.74, 6) is 1.53. The molecule has 0 bridgehead atoms. The first-order valence-electron chi connectivity index (χ1n) is 13.2. The number of halogens is 3. The number of nitrogens with one attached hydrogen (secondary N) is 1. The number of nitrogens with zero attached hydrogens (tertiary/aromatic N) is 4. The molecular formula is C28H33F3N6OS. The van der Waals surface area contributed by atoms with Crippen molar-refractivity contribution in [3.8, 4) is 5.75 Å². The van der Waals surface area contributed by atoms with E-state index in [2.05, 4.69) is 44.2 Å². The number of ether oxygens (including phenoxy) is 1. The predicted molar refractivity (Wildman–Crippen MR) is 146 cm³/mol. The third kappa shape index (κ3) is 5.94. The molecule has 3 N–H and O–H groups in total. The third-order valence-electron chi connectivity index (χ3n) is 8.05. The first-order chi connectivity index (χ1) is 18.7. The molecule has 208 valence electrons. The first kappa shape index (κ1) is 27.5. The van der Waals surface area contributed by atoms with Gasteiger partial charge in [0, 0.05) is 42.5 Å². The van der Waals surface area contributed by atoms with Gasteiger partial charge < -0.3 is 20.7 Å². The van der Waals surface area contributed by atoms with E-state index in [1.807, 2.05) is 12.1 Å². The molecule has 3 heterocycles. The molecule has 0 radical (unpaired) electrons. The van der Waals surface area contributed by atoms with E-state index in [4.69, 9.17) is 10.5 Å². The highest BCUT2D eigenvalue weighted by Crippen LogP contribution is 2.48. The van der Waals surface area contributed by atoms with Crippen molar-refractivity contribution in [3.63, 3.8) is 0 Å². The predicted octanol–water partition coefficient (Wildman–Crippen LogP) is 6.12. The topological polar surface area (TPSA) is 89.2 Å². The summed E-state index contributed by atoms with van der Waals surface area (Å²) in [6.45, 7) is 3.83. The Morgan fingerprint density at radius 3 is 2.51 bits per heavy atom. The Morgan fingerprint density at radius 1 is 1.10 bits per heavy atom. The van der Waals surface area contributed by atoms with E-state index in [9.17, 15) is 13.2 Å². The van der Waals surface area contributed by atoms with Crippen LogP contribution in [0, 0.1) is 5.41 Å². The highest BCUT2D eigenvalue weighted by atomic mass is 32.2. The molecule has 2 fully saturated rings. The van der Waals surface area contributed by atoms with E-state index in [0.29, 0.717) is 16.9 Å². The zero-order valence-corrected chi connectivity index (χ0v) is 22.9. The van der Waals surface area contributed by atoms with Gasteiger partial charge in [-0.15, -0.1) is 0 Å². The second-order valence-electron chi connectivity index (χ2n) is 10.3. The molecule has 2 aliphatic rings. The normalized spacial score (nSPS) is 19.8. The summed E-state index contributed by atoms with van der Waals surface area (Å²) in [5, 5.41) is 3.90. The van der Waals surface area contributed by atoms with E-state index in [-0.39, 0.29) is 22.2 Å². The van der Waals surface area contributed by atoms with Gasteiger partial charge >= 0.3 is 6.18 Å². The van der Waals surface area contributed by atoms with Gasteiger partial charge in [0.25, 0.3) is 0 Å². The zero-order valence-electron chi connectivity index (χ0n) is 22.0. The fourth-order valence-electron chi connectivity index (χ4n) is 5.85. The standard InChI is InChI=1S/C28H33F3N6OS/c1-18(19-7-9-20(38-2)10-8-19)35-23-6-3-11-27(23)12-15-37(16-13-27)26-34-17-22(25(32)36-26)39-21-5-4-14-33-24(21)28(29,30)31/h4-5,7-10,14,17-18,23,35H,3,6,11-13,15-16H2,1-2H3,(H2,32,34,36). The summed E-state index contributed by atoms with van der Waals surface area (Å²) in [7, 11) is 1.67. The van der Waals surface area contributed by atoms with Crippen molar-refractivity contribution in [1.82, 2.24) is 20.3 Å². The van der Waals surface area contributed by atoms with Crippen LogP contribution in [0.4, 0.5) is 24.9 Å². The van der Waals surface area contributed by atoms with Crippen molar-refractivity contribution >= 4 is 23.5 Å². The lowest BCUT2D eigenvalue weighted by Gasteiger charge is -2.44. The number of methoxy groups -OCH3 is 1. The van der Waals surface area contributed by atoms with Crippen LogP contribution in [0.15, 0.2) is 58.6 Å². The molecule has 1 saturated heterocycles. The summed E-state index contributed by atoms with van der Waals surface area (Å²) >= 11 is 0.878. The number of nitrogen functional groups attached to an aromatic ring is 1. The van der Waals surface area contributed by atoms with E-state index in [1.54, 1.807) is 7.11 Å². The molecule has 39 heavy (non-hydrogen) atoms. The molecule has 0 amide bonds. The second-order valence-corrected chi connectivity index (χ2v) is 11.4. The smallest absolute Gasteiger partial charge is 0.434 e. The summed E-state index contributed by atoms with van der Waals surface area (Å²) in [4.78, 5) is 14.9. The number of pyridine rings is 1. The maximum Gasteiger partial charge on any atom is 0.434 e. The van der Waals surface area contributed by atoms with Crippen molar-refractivity contribution in [2.45, 2.75) is 67.1 Å². The van der Waals surface area contributed by atoms with Crippen LogP contribution in [0.25, 0.3) is 0 Å². The lowest BCUT2D eigenvalue weighted by Crippen LogP contribution is -2.49. The van der Waals surface area contributed by atoms with E-state index in [0.717, 1.165) is 56.1 Å². The van der Waals surface area contributed by atoms with Gasteiger partial charge in [-0.05, 0) is 67.9 Å². The lowest BCUT2D eigenvalue weighted by atomic mass is 9.73. The number of hydrogen-bond acceptors (Lipinski definition) is 8. The van der Waals surface area contributed by atoms with Crippen LogP contribution in [-0.2, 0) is 6.18 Å². The molecular weight excluding hydrogens is 525 g/mol. The van der Waals surface area contributed by atoms with Gasteiger partial charge in [0.1, 0.15) is 11.6 Å². The van der Waals surface area contributed by atoms with Crippen molar-refractivity contribution in [3.05, 3.63) is 60.0 Å². The minimum atomic E-state index is -4.55. The number of hydrogen-bond donors (Lipinski definition) is 2. The first-order valence-corrected chi connectivity index (χ1v) is 14.0.